The number of rotatable bonds is 0. The van der Waals surface area contributed by atoms with Crippen LogP contribution in [0.2, 0.25) is 0 Å². The minimum Gasteiger partial charge on any atom is -0.456 e. The Balaban J connectivity index is 2.16. The maximum atomic E-state index is 5.84. The molecule has 0 fully saturated rings. The summed E-state index contributed by atoms with van der Waals surface area (Å²) in [7, 11) is 0. The molecule has 17 heavy (non-hydrogen) atoms. The first-order chi connectivity index (χ1) is 8.22. The summed E-state index contributed by atoms with van der Waals surface area (Å²) in [6.45, 7) is 0. The van der Waals surface area contributed by atoms with Gasteiger partial charge in [0.05, 0.1) is 0 Å². The van der Waals surface area contributed by atoms with Gasteiger partial charge in [-0.15, -0.1) is 0 Å². The average Bonchev–Trinajstić information content (AvgIpc) is 2.47. The second-order valence-corrected chi connectivity index (χ2v) is 4.03. The average molecular weight is 224 g/mol. The molecule has 84 valence electrons. The summed E-state index contributed by atoms with van der Waals surface area (Å²) in [5, 5.41) is 0. The highest BCUT2D eigenvalue weighted by Gasteiger charge is 2.10. The van der Waals surface area contributed by atoms with Gasteiger partial charge in [0.15, 0.2) is 0 Å². The lowest BCUT2D eigenvalue weighted by Gasteiger charge is -2.09. The van der Waals surface area contributed by atoms with Crippen LogP contribution >= 0.6 is 0 Å². The Bertz CT molecular complexity index is 618. The predicted octanol–water partition coefficient (Wildman–Crippen LogP) is 3.13. The zero-order valence-corrected chi connectivity index (χ0v) is 9.18. The quantitative estimate of drug-likeness (QED) is 0.577. The molecule has 2 aromatic rings. The van der Waals surface area contributed by atoms with Crippen molar-refractivity contribution in [1.82, 2.24) is 0 Å². The fraction of sp³-hybridized carbons (Fsp3) is 0. The van der Waals surface area contributed by atoms with Crippen molar-refractivity contribution in [2.24, 2.45) is 0 Å². The molecule has 2 aromatic carbocycles. The minimum atomic E-state index is 0.691. The summed E-state index contributed by atoms with van der Waals surface area (Å²) >= 11 is 0. The van der Waals surface area contributed by atoms with Crippen molar-refractivity contribution in [1.29, 1.82) is 0 Å². The van der Waals surface area contributed by atoms with Crippen LogP contribution in [0.4, 0.5) is 11.4 Å². The highest BCUT2D eigenvalue weighted by molar-refractivity contribution is 5.79. The van der Waals surface area contributed by atoms with Gasteiger partial charge in [-0.05, 0) is 30.3 Å². The first kappa shape index (κ1) is 9.78. The van der Waals surface area contributed by atoms with Crippen molar-refractivity contribution in [3.05, 3.63) is 47.5 Å². The minimum absolute atomic E-state index is 0.691. The number of ether oxygens (including phenoxy) is 1. The van der Waals surface area contributed by atoms with E-state index in [1.165, 1.54) is 0 Å². The molecule has 0 saturated heterocycles. The Kier molecular flexibility index (Phi) is 2.05. The molecule has 0 aromatic heterocycles. The van der Waals surface area contributed by atoms with Crippen LogP contribution in [0.25, 0.3) is 12.2 Å². The van der Waals surface area contributed by atoms with Crippen LogP contribution in [0, 0.1) is 0 Å². The summed E-state index contributed by atoms with van der Waals surface area (Å²) in [5.41, 5.74) is 14.9. The fourth-order valence-corrected chi connectivity index (χ4v) is 1.87. The van der Waals surface area contributed by atoms with E-state index in [4.69, 9.17) is 16.2 Å². The molecule has 1 aliphatic rings. The topological polar surface area (TPSA) is 61.3 Å². The molecule has 0 spiro atoms. The number of nitrogen functional groups attached to an aromatic ring is 2. The summed E-state index contributed by atoms with van der Waals surface area (Å²) in [6, 6.07) is 11.2. The van der Waals surface area contributed by atoms with Gasteiger partial charge in [-0.2, -0.15) is 0 Å². The molecule has 0 saturated carbocycles. The van der Waals surface area contributed by atoms with Crippen LogP contribution in [-0.2, 0) is 0 Å². The molecule has 1 aliphatic heterocycles. The van der Waals surface area contributed by atoms with Crippen molar-refractivity contribution in [2.75, 3.05) is 11.5 Å². The Labute approximate surface area is 99.3 Å². The summed E-state index contributed by atoms with van der Waals surface area (Å²) < 4.78 is 5.84. The van der Waals surface area contributed by atoms with Crippen molar-refractivity contribution in [2.45, 2.75) is 0 Å². The van der Waals surface area contributed by atoms with E-state index >= 15 is 0 Å². The normalized spacial score (nSPS) is 12.2. The van der Waals surface area contributed by atoms with Crippen LogP contribution < -0.4 is 16.2 Å². The third-order valence-corrected chi connectivity index (χ3v) is 2.73. The lowest BCUT2D eigenvalue weighted by Crippen LogP contribution is -1.92. The van der Waals surface area contributed by atoms with Crippen LogP contribution in [0.5, 0.6) is 11.5 Å². The lowest BCUT2D eigenvalue weighted by atomic mass is 10.1. The van der Waals surface area contributed by atoms with Crippen molar-refractivity contribution in [3.8, 4) is 11.5 Å². The first-order valence-electron chi connectivity index (χ1n) is 5.37. The van der Waals surface area contributed by atoms with E-state index in [-0.39, 0.29) is 0 Å². The largest absolute Gasteiger partial charge is 0.456 e. The Hall–Kier alpha value is -2.42. The Morgan fingerprint density at radius 2 is 1.41 bits per heavy atom. The van der Waals surface area contributed by atoms with Gasteiger partial charge in [-0.3, -0.25) is 0 Å². The van der Waals surface area contributed by atoms with E-state index < -0.39 is 0 Å². The molecular weight excluding hydrogens is 212 g/mol. The van der Waals surface area contributed by atoms with E-state index in [0.29, 0.717) is 5.69 Å². The molecule has 0 amide bonds. The molecule has 3 nitrogen and oxygen atoms in total. The maximum absolute atomic E-state index is 5.84. The van der Waals surface area contributed by atoms with Crippen molar-refractivity contribution >= 4 is 23.5 Å². The number of anilines is 2. The molecule has 0 atom stereocenters. The highest BCUT2D eigenvalue weighted by atomic mass is 16.5. The fourth-order valence-electron chi connectivity index (χ4n) is 1.87. The van der Waals surface area contributed by atoms with Gasteiger partial charge >= 0.3 is 0 Å². The second kappa shape index (κ2) is 3.56. The lowest BCUT2D eigenvalue weighted by molar-refractivity contribution is 0.482. The van der Waals surface area contributed by atoms with E-state index in [1.54, 1.807) is 0 Å². The SMILES string of the molecule is Nc1ccc2c(c1)C=Cc1ccc(N)cc1O2. The van der Waals surface area contributed by atoms with Crippen LogP contribution in [0.1, 0.15) is 11.1 Å². The van der Waals surface area contributed by atoms with Gasteiger partial charge in [0.1, 0.15) is 11.5 Å². The number of fused-ring (bicyclic) bond motifs is 2. The summed E-state index contributed by atoms with van der Waals surface area (Å²) in [6.07, 6.45) is 3.99. The molecule has 0 unspecified atom stereocenters. The number of nitrogens with two attached hydrogens (primary N) is 2. The van der Waals surface area contributed by atoms with E-state index in [1.807, 2.05) is 48.6 Å². The smallest absolute Gasteiger partial charge is 0.136 e. The van der Waals surface area contributed by atoms with Crippen LogP contribution in [-0.4, -0.2) is 0 Å². The summed E-state index contributed by atoms with van der Waals surface area (Å²) in [5.74, 6) is 1.56. The predicted molar refractivity (Wildman–Crippen MR) is 70.7 cm³/mol. The molecule has 0 aliphatic carbocycles. The molecule has 3 rings (SSSR count). The third kappa shape index (κ3) is 1.72. The highest BCUT2D eigenvalue weighted by Crippen LogP contribution is 2.35. The molecule has 3 heteroatoms. The molecule has 4 N–H and O–H groups in total. The summed E-state index contributed by atoms with van der Waals surface area (Å²) in [4.78, 5) is 0. The molecule has 0 radical (unpaired) electrons. The zero-order valence-electron chi connectivity index (χ0n) is 9.18. The van der Waals surface area contributed by atoms with Gasteiger partial charge in [0.2, 0.25) is 0 Å². The van der Waals surface area contributed by atoms with Crippen LogP contribution in [0.3, 0.4) is 0 Å². The monoisotopic (exact) mass is 224 g/mol. The van der Waals surface area contributed by atoms with Gasteiger partial charge in [-0.25, -0.2) is 0 Å². The van der Waals surface area contributed by atoms with Gasteiger partial charge < -0.3 is 16.2 Å². The first-order valence-corrected chi connectivity index (χ1v) is 5.37. The number of benzene rings is 2. The Morgan fingerprint density at radius 1 is 0.706 bits per heavy atom. The molecular formula is C14H12N2O. The van der Waals surface area contributed by atoms with Crippen LogP contribution in [0.15, 0.2) is 36.4 Å². The van der Waals surface area contributed by atoms with E-state index in [0.717, 1.165) is 28.3 Å². The second-order valence-electron chi connectivity index (χ2n) is 4.03. The van der Waals surface area contributed by atoms with Gasteiger partial charge in [-0.1, -0.05) is 12.2 Å². The van der Waals surface area contributed by atoms with E-state index in [9.17, 15) is 0 Å². The standard InChI is InChI=1S/C14H12N2O/c15-11-5-6-13-10(7-11)2-1-9-3-4-12(16)8-14(9)17-13/h1-8H,15-16H2. The van der Waals surface area contributed by atoms with Crippen molar-refractivity contribution < 1.29 is 4.74 Å². The number of hydrogen-bond donors (Lipinski definition) is 2. The Morgan fingerprint density at radius 3 is 2.29 bits per heavy atom. The zero-order chi connectivity index (χ0) is 11.8. The maximum Gasteiger partial charge on any atom is 0.136 e. The molecule has 1 heterocycles. The molecule has 0 bridgehead atoms. The van der Waals surface area contributed by atoms with Gasteiger partial charge in [0, 0.05) is 28.6 Å². The third-order valence-electron chi connectivity index (χ3n) is 2.73. The van der Waals surface area contributed by atoms with Gasteiger partial charge in [0.25, 0.3) is 0 Å². The van der Waals surface area contributed by atoms with Crippen molar-refractivity contribution in [3.63, 3.8) is 0 Å². The van der Waals surface area contributed by atoms with E-state index in [2.05, 4.69) is 0 Å². The number of hydrogen-bond acceptors (Lipinski definition) is 3.